The van der Waals surface area contributed by atoms with Crippen LogP contribution in [0.1, 0.15) is 40.6 Å². The topological polar surface area (TPSA) is 46.1 Å². The summed E-state index contributed by atoms with van der Waals surface area (Å²) in [6.07, 6.45) is 5.25. The van der Waals surface area contributed by atoms with Crippen LogP contribution in [-0.4, -0.2) is 27.3 Å². The van der Waals surface area contributed by atoms with Crippen molar-refractivity contribution in [3.63, 3.8) is 0 Å². The van der Waals surface area contributed by atoms with Crippen LogP contribution in [0.4, 0.5) is 0 Å². The average Bonchev–Trinajstić information content (AvgIpc) is 2.97. The minimum atomic E-state index is -0.0242. The number of carbonyl (C=O) groups is 1. The van der Waals surface area contributed by atoms with Gasteiger partial charge in [0.25, 0.3) is 5.91 Å². The van der Waals surface area contributed by atoms with E-state index in [-0.39, 0.29) is 11.9 Å². The highest BCUT2D eigenvalue weighted by molar-refractivity contribution is 5.92. The minimum absolute atomic E-state index is 0.0242. The SMILES string of the molecule is Cc1cnc(C(=O)N2CCC[C@@H]2c2ccccc2)cn1. The maximum atomic E-state index is 12.6. The number of hydrogen-bond acceptors (Lipinski definition) is 3. The molecule has 1 fully saturated rings. The molecule has 2 aromatic rings. The van der Waals surface area contributed by atoms with Crippen molar-refractivity contribution >= 4 is 5.91 Å². The zero-order valence-corrected chi connectivity index (χ0v) is 11.5. The number of nitrogens with zero attached hydrogens (tertiary/aromatic N) is 3. The van der Waals surface area contributed by atoms with E-state index in [0.29, 0.717) is 5.69 Å². The van der Waals surface area contributed by atoms with E-state index in [2.05, 4.69) is 22.1 Å². The van der Waals surface area contributed by atoms with Gasteiger partial charge in [-0.2, -0.15) is 0 Å². The summed E-state index contributed by atoms with van der Waals surface area (Å²) in [4.78, 5) is 22.8. The van der Waals surface area contributed by atoms with Crippen LogP contribution in [-0.2, 0) is 0 Å². The third kappa shape index (κ3) is 2.41. The average molecular weight is 267 g/mol. The quantitative estimate of drug-likeness (QED) is 0.840. The molecule has 1 aliphatic heterocycles. The molecule has 1 atom stereocenters. The predicted molar refractivity (Wildman–Crippen MR) is 76.2 cm³/mol. The molecule has 1 aliphatic rings. The molecule has 2 heterocycles. The Kier molecular flexibility index (Phi) is 3.46. The summed E-state index contributed by atoms with van der Waals surface area (Å²) < 4.78 is 0. The smallest absolute Gasteiger partial charge is 0.274 e. The summed E-state index contributed by atoms with van der Waals surface area (Å²) in [7, 11) is 0. The fraction of sp³-hybridized carbons (Fsp3) is 0.312. The monoisotopic (exact) mass is 267 g/mol. The third-order valence-electron chi connectivity index (χ3n) is 3.70. The van der Waals surface area contributed by atoms with E-state index in [1.165, 1.54) is 5.56 Å². The van der Waals surface area contributed by atoms with Gasteiger partial charge in [-0.25, -0.2) is 4.98 Å². The number of amides is 1. The molecule has 102 valence electrons. The van der Waals surface area contributed by atoms with E-state index < -0.39 is 0 Å². The summed E-state index contributed by atoms with van der Waals surface area (Å²) in [5, 5.41) is 0. The molecular weight excluding hydrogens is 250 g/mol. The summed E-state index contributed by atoms with van der Waals surface area (Å²) >= 11 is 0. The Hall–Kier alpha value is -2.23. The molecule has 1 saturated heterocycles. The van der Waals surface area contributed by atoms with Crippen LogP contribution in [0.2, 0.25) is 0 Å². The first kappa shape index (κ1) is 12.8. The van der Waals surface area contributed by atoms with Crippen LogP contribution in [0.25, 0.3) is 0 Å². The van der Waals surface area contributed by atoms with Crippen LogP contribution in [0, 0.1) is 6.92 Å². The van der Waals surface area contributed by atoms with Gasteiger partial charge in [0.15, 0.2) is 0 Å². The maximum Gasteiger partial charge on any atom is 0.274 e. The first-order chi connectivity index (χ1) is 9.75. The molecule has 0 unspecified atom stereocenters. The number of likely N-dealkylation sites (tertiary alicyclic amines) is 1. The van der Waals surface area contributed by atoms with Crippen molar-refractivity contribution < 1.29 is 4.79 Å². The largest absolute Gasteiger partial charge is 0.330 e. The zero-order valence-electron chi connectivity index (χ0n) is 11.5. The Bertz CT molecular complexity index is 595. The third-order valence-corrected chi connectivity index (χ3v) is 3.70. The Balaban J connectivity index is 1.85. The van der Waals surface area contributed by atoms with Crippen molar-refractivity contribution in [2.45, 2.75) is 25.8 Å². The molecule has 0 aliphatic carbocycles. The van der Waals surface area contributed by atoms with Crippen molar-refractivity contribution in [1.29, 1.82) is 0 Å². The van der Waals surface area contributed by atoms with Crippen LogP contribution in [0.15, 0.2) is 42.7 Å². The number of aryl methyl sites for hydroxylation is 1. The van der Waals surface area contributed by atoms with E-state index in [0.717, 1.165) is 25.1 Å². The fourth-order valence-electron chi connectivity index (χ4n) is 2.68. The van der Waals surface area contributed by atoms with Crippen LogP contribution in [0.5, 0.6) is 0 Å². The van der Waals surface area contributed by atoms with Crippen molar-refractivity contribution in [2.75, 3.05) is 6.54 Å². The first-order valence-corrected chi connectivity index (χ1v) is 6.90. The van der Waals surface area contributed by atoms with Gasteiger partial charge in [0.1, 0.15) is 5.69 Å². The van der Waals surface area contributed by atoms with Crippen LogP contribution in [0.3, 0.4) is 0 Å². The Morgan fingerprint density at radius 2 is 2.00 bits per heavy atom. The number of benzene rings is 1. The second-order valence-electron chi connectivity index (χ2n) is 5.11. The van der Waals surface area contributed by atoms with Gasteiger partial charge >= 0.3 is 0 Å². The summed E-state index contributed by atoms with van der Waals surface area (Å²) in [6.45, 7) is 2.65. The van der Waals surface area contributed by atoms with Gasteiger partial charge in [-0.3, -0.25) is 9.78 Å². The molecule has 20 heavy (non-hydrogen) atoms. The van der Waals surface area contributed by atoms with Gasteiger partial charge in [0.2, 0.25) is 0 Å². The molecule has 0 N–H and O–H groups in total. The predicted octanol–water partition coefficient (Wildman–Crippen LogP) is 2.76. The van der Waals surface area contributed by atoms with Gasteiger partial charge in [0, 0.05) is 12.7 Å². The summed E-state index contributed by atoms with van der Waals surface area (Å²) in [5.41, 5.74) is 2.44. The number of rotatable bonds is 2. The van der Waals surface area contributed by atoms with Crippen molar-refractivity contribution in [1.82, 2.24) is 14.9 Å². The van der Waals surface area contributed by atoms with Gasteiger partial charge in [0.05, 0.1) is 17.9 Å². The van der Waals surface area contributed by atoms with Gasteiger partial charge < -0.3 is 4.90 Å². The van der Waals surface area contributed by atoms with Crippen molar-refractivity contribution in [3.8, 4) is 0 Å². The van der Waals surface area contributed by atoms with E-state index in [4.69, 9.17) is 0 Å². The molecule has 4 heteroatoms. The normalized spacial score (nSPS) is 18.2. The molecule has 4 nitrogen and oxygen atoms in total. The zero-order chi connectivity index (χ0) is 13.9. The van der Waals surface area contributed by atoms with Gasteiger partial charge in [-0.15, -0.1) is 0 Å². The van der Waals surface area contributed by atoms with E-state index in [1.54, 1.807) is 12.4 Å². The second kappa shape index (κ2) is 5.41. The number of hydrogen-bond donors (Lipinski definition) is 0. The lowest BCUT2D eigenvalue weighted by molar-refractivity contribution is 0.0729. The molecule has 1 aromatic heterocycles. The lowest BCUT2D eigenvalue weighted by Gasteiger charge is -2.24. The van der Waals surface area contributed by atoms with E-state index in [9.17, 15) is 4.79 Å². The molecule has 1 amide bonds. The van der Waals surface area contributed by atoms with Crippen molar-refractivity contribution in [2.24, 2.45) is 0 Å². The lowest BCUT2D eigenvalue weighted by Crippen LogP contribution is -2.31. The highest BCUT2D eigenvalue weighted by Crippen LogP contribution is 2.32. The molecule has 0 saturated carbocycles. The maximum absolute atomic E-state index is 12.6. The standard InChI is InChI=1S/C16H17N3O/c1-12-10-18-14(11-17-12)16(20)19-9-5-8-15(19)13-6-3-2-4-7-13/h2-4,6-7,10-11,15H,5,8-9H2,1H3/t15-/m1/s1. The Labute approximate surface area is 118 Å². The number of carbonyl (C=O) groups excluding carboxylic acids is 1. The Morgan fingerprint density at radius 3 is 2.70 bits per heavy atom. The van der Waals surface area contributed by atoms with Gasteiger partial charge in [-0.1, -0.05) is 30.3 Å². The van der Waals surface area contributed by atoms with E-state index in [1.807, 2.05) is 30.0 Å². The van der Waals surface area contributed by atoms with Crippen LogP contribution < -0.4 is 0 Å². The Morgan fingerprint density at radius 1 is 1.20 bits per heavy atom. The van der Waals surface area contributed by atoms with Crippen molar-refractivity contribution in [3.05, 3.63) is 59.7 Å². The second-order valence-corrected chi connectivity index (χ2v) is 5.11. The van der Waals surface area contributed by atoms with Gasteiger partial charge in [-0.05, 0) is 25.3 Å². The number of aromatic nitrogens is 2. The molecule has 1 aromatic carbocycles. The first-order valence-electron chi connectivity index (χ1n) is 6.90. The summed E-state index contributed by atoms with van der Waals surface area (Å²) in [5.74, 6) is -0.0242. The molecule has 3 rings (SSSR count). The lowest BCUT2D eigenvalue weighted by atomic mass is 10.0. The fourth-order valence-corrected chi connectivity index (χ4v) is 2.68. The summed E-state index contributed by atoms with van der Waals surface area (Å²) in [6, 6.07) is 10.3. The molecule has 0 spiro atoms. The van der Waals surface area contributed by atoms with E-state index >= 15 is 0 Å². The molecule has 0 radical (unpaired) electrons. The highest BCUT2D eigenvalue weighted by atomic mass is 16.2. The molecule has 0 bridgehead atoms. The molecular formula is C16H17N3O. The van der Waals surface area contributed by atoms with Crippen LogP contribution >= 0.6 is 0 Å². The highest BCUT2D eigenvalue weighted by Gasteiger charge is 2.31. The minimum Gasteiger partial charge on any atom is -0.330 e.